The normalized spacial score (nSPS) is 10.3. The molecule has 1 N–H and O–H groups in total. The summed E-state index contributed by atoms with van der Waals surface area (Å²) in [6.45, 7) is -0.0719. The van der Waals surface area contributed by atoms with Gasteiger partial charge in [-0.1, -0.05) is 6.07 Å². The van der Waals surface area contributed by atoms with Crippen molar-refractivity contribution in [1.29, 1.82) is 0 Å². The molecule has 2 aromatic rings. The molecule has 2 rings (SSSR count). The zero-order valence-corrected chi connectivity index (χ0v) is 9.47. The van der Waals surface area contributed by atoms with E-state index in [1.54, 1.807) is 35.5 Å². The van der Waals surface area contributed by atoms with Gasteiger partial charge in [-0.05, 0) is 24.3 Å². The van der Waals surface area contributed by atoms with Crippen LogP contribution in [0.2, 0.25) is 0 Å². The van der Waals surface area contributed by atoms with Crippen LogP contribution < -0.4 is 4.90 Å². The molecule has 0 bridgehead atoms. The second-order valence-electron chi connectivity index (χ2n) is 3.70. The number of aromatic nitrogens is 1. The number of pyridine rings is 1. The van der Waals surface area contributed by atoms with E-state index in [0.29, 0.717) is 5.69 Å². The highest BCUT2D eigenvalue weighted by atomic mass is 19.1. The highest BCUT2D eigenvalue weighted by Crippen LogP contribution is 2.26. The molecule has 0 atom stereocenters. The van der Waals surface area contributed by atoms with Crippen LogP contribution in [0.3, 0.4) is 0 Å². The number of benzene rings is 1. The first-order chi connectivity index (χ1) is 8.22. The maximum atomic E-state index is 13.1. The molecular weight excluding hydrogens is 219 g/mol. The SMILES string of the molecule is CN(c1cccc(F)c1)c1cnccc1CO. The van der Waals surface area contributed by atoms with E-state index < -0.39 is 0 Å². The van der Waals surface area contributed by atoms with Gasteiger partial charge < -0.3 is 10.0 Å². The van der Waals surface area contributed by atoms with Crippen LogP contribution in [0, 0.1) is 5.82 Å². The highest BCUT2D eigenvalue weighted by Gasteiger charge is 2.09. The summed E-state index contributed by atoms with van der Waals surface area (Å²) in [4.78, 5) is 5.81. The number of halogens is 1. The minimum Gasteiger partial charge on any atom is -0.392 e. The third kappa shape index (κ3) is 2.42. The average molecular weight is 232 g/mol. The van der Waals surface area contributed by atoms with E-state index >= 15 is 0 Å². The van der Waals surface area contributed by atoms with Crippen molar-refractivity contribution in [3.05, 3.63) is 54.1 Å². The molecule has 0 saturated carbocycles. The molecule has 4 heteroatoms. The lowest BCUT2D eigenvalue weighted by atomic mass is 10.2. The summed E-state index contributed by atoms with van der Waals surface area (Å²) in [7, 11) is 1.81. The van der Waals surface area contributed by atoms with Crippen molar-refractivity contribution in [3.8, 4) is 0 Å². The molecular formula is C13H13FN2O. The lowest BCUT2D eigenvalue weighted by Crippen LogP contribution is -2.12. The Morgan fingerprint density at radius 2 is 2.18 bits per heavy atom. The molecule has 1 aromatic heterocycles. The van der Waals surface area contributed by atoms with Crippen LogP contribution in [0.4, 0.5) is 15.8 Å². The van der Waals surface area contributed by atoms with Gasteiger partial charge in [0, 0.05) is 24.5 Å². The molecule has 0 spiro atoms. The Labute approximate surface area is 99.2 Å². The van der Waals surface area contributed by atoms with E-state index in [4.69, 9.17) is 0 Å². The van der Waals surface area contributed by atoms with E-state index in [0.717, 1.165) is 11.3 Å². The van der Waals surface area contributed by atoms with Gasteiger partial charge in [0.2, 0.25) is 0 Å². The third-order valence-electron chi connectivity index (χ3n) is 2.61. The first-order valence-corrected chi connectivity index (χ1v) is 5.25. The summed E-state index contributed by atoms with van der Waals surface area (Å²) < 4.78 is 13.1. The van der Waals surface area contributed by atoms with Crippen molar-refractivity contribution in [3.63, 3.8) is 0 Å². The van der Waals surface area contributed by atoms with Crippen LogP contribution in [0.25, 0.3) is 0 Å². The van der Waals surface area contributed by atoms with Crippen LogP contribution in [-0.2, 0) is 6.61 Å². The fourth-order valence-electron chi connectivity index (χ4n) is 1.67. The first-order valence-electron chi connectivity index (χ1n) is 5.25. The molecule has 0 aliphatic carbocycles. The van der Waals surface area contributed by atoms with Crippen molar-refractivity contribution >= 4 is 11.4 Å². The van der Waals surface area contributed by atoms with Gasteiger partial charge in [0.05, 0.1) is 18.5 Å². The molecule has 0 fully saturated rings. The first kappa shape index (κ1) is 11.5. The zero-order chi connectivity index (χ0) is 12.3. The van der Waals surface area contributed by atoms with Gasteiger partial charge in [0.15, 0.2) is 0 Å². The maximum absolute atomic E-state index is 13.1. The second kappa shape index (κ2) is 4.93. The van der Waals surface area contributed by atoms with Crippen LogP contribution in [0.5, 0.6) is 0 Å². The van der Waals surface area contributed by atoms with Crippen molar-refractivity contribution in [2.24, 2.45) is 0 Å². The van der Waals surface area contributed by atoms with Crippen molar-refractivity contribution in [1.82, 2.24) is 4.98 Å². The fourth-order valence-corrected chi connectivity index (χ4v) is 1.67. The summed E-state index contributed by atoms with van der Waals surface area (Å²) in [6.07, 6.45) is 3.27. The van der Waals surface area contributed by atoms with E-state index in [1.807, 2.05) is 7.05 Å². The standard InChI is InChI=1S/C13H13FN2O/c1-16(12-4-2-3-11(14)7-12)13-8-15-6-5-10(13)9-17/h2-8,17H,9H2,1H3. The highest BCUT2D eigenvalue weighted by molar-refractivity contribution is 5.64. The van der Waals surface area contributed by atoms with E-state index in [1.165, 1.54) is 12.1 Å². The van der Waals surface area contributed by atoms with E-state index in [-0.39, 0.29) is 12.4 Å². The topological polar surface area (TPSA) is 36.4 Å². The van der Waals surface area contributed by atoms with E-state index in [9.17, 15) is 9.50 Å². The number of aliphatic hydroxyl groups excluding tert-OH is 1. The van der Waals surface area contributed by atoms with Gasteiger partial charge in [-0.25, -0.2) is 4.39 Å². The number of nitrogens with zero attached hydrogens (tertiary/aromatic N) is 2. The van der Waals surface area contributed by atoms with E-state index in [2.05, 4.69) is 4.98 Å². The second-order valence-corrected chi connectivity index (χ2v) is 3.70. The summed E-state index contributed by atoms with van der Waals surface area (Å²) >= 11 is 0. The number of anilines is 2. The van der Waals surface area contributed by atoms with Gasteiger partial charge in [0.25, 0.3) is 0 Å². The number of hydrogen-bond donors (Lipinski definition) is 1. The molecule has 0 unspecified atom stereocenters. The fraction of sp³-hybridized carbons (Fsp3) is 0.154. The minimum atomic E-state index is -0.288. The lowest BCUT2D eigenvalue weighted by Gasteiger charge is -2.21. The Morgan fingerprint density at radius 1 is 1.35 bits per heavy atom. The van der Waals surface area contributed by atoms with Crippen molar-refractivity contribution in [2.45, 2.75) is 6.61 Å². The average Bonchev–Trinajstić information content (AvgIpc) is 2.38. The predicted octanol–water partition coefficient (Wildman–Crippen LogP) is 2.48. The monoisotopic (exact) mass is 232 g/mol. The molecule has 3 nitrogen and oxygen atoms in total. The Hall–Kier alpha value is -1.94. The Bertz CT molecular complexity index is 516. The summed E-state index contributed by atoms with van der Waals surface area (Å²) in [5.74, 6) is -0.288. The Balaban J connectivity index is 2.40. The number of rotatable bonds is 3. The molecule has 1 heterocycles. The quantitative estimate of drug-likeness (QED) is 0.883. The van der Waals surface area contributed by atoms with Crippen LogP contribution in [-0.4, -0.2) is 17.1 Å². The minimum absolute atomic E-state index is 0.0719. The molecule has 0 aliphatic heterocycles. The third-order valence-corrected chi connectivity index (χ3v) is 2.61. The van der Waals surface area contributed by atoms with Crippen LogP contribution >= 0.6 is 0 Å². The molecule has 1 aromatic carbocycles. The number of aliphatic hydroxyl groups is 1. The van der Waals surface area contributed by atoms with Crippen molar-refractivity contribution in [2.75, 3.05) is 11.9 Å². The molecule has 0 amide bonds. The maximum Gasteiger partial charge on any atom is 0.125 e. The van der Waals surface area contributed by atoms with Gasteiger partial charge in [-0.3, -0.25) is 4.98 Å². The Morgan fingerprint density at radius 3 is 2.88 bits per heavy atom. The zero-order valence-electron chi connectivity index (χ0n) is 9.47. The van der Waals surface area contributed by atoms with Crippen LogP contribution in [0.15, 0.2) is 42.7 Å². The van der Waals surface area contributed by atoms with Gasteiger partial charge >= 0.3 is 0 Å². The smallest absolute Gasteiger partial charge is 0.125 e. The Kier molecular flexibility index (Phi) is 3.35. The van der Waals surface area contributed by atoms with Crippen molar-refractivity contribution < 1.29 is 9.50 Å². The summed E-state index contributed by atoms with van der Waals surface area (Å²) in [5, 5.41) is 9.24. The van der Waals surface area contributed by atoms with Crippen LogP contribution in [0.1, 0.15) is 5.56 Å². The summed E-state index contributed by atoms with van der Waals surface area (Å²) in [6, 6.07) is 8.03. The molecule has 0 aliphatic rings. The molecule has 88 valence electrons. The summed E-state index contributed by atoms with van der Waals surface area (Å²) in [5.41, 5.74) is 2.24. The molecule has 0 radical (unpaired) electrons. The predicted molar refractivity (Wildman–Crippen MR) is 64.6 cm³/mol. The number of hydrogen-bond acceptors (Lipinski definition) is 3. The van der Waals surface area contributed by atoms with Gasteiger partial charge in [-0.2, -0.15) is 0 Å². The molecule has 0 saturated heterocycles. The largest absolute Gasteiger partial charge is 0.392 e. The van der Waals surface area contributed by atoms with Gasteiger partial charge in [-0.15, -0.1) is 0 Å². The molecule has 17 heavy (non-hydrogen) atoms. The van der Waals surface area contributed by atoms with Gasteiger partial charge in [0.1, 0.15) is 5.82 Å². The lowest BCUT2D eigenvalue weighted by molar-refractivity contribution is 0.282.